The highest BCUT2D eigenvalue weighted by Crippen LogP contribution is 2.42. The molecule has 0 aliphatic heterocycles. The molecule has 0 spiro atoms. The molecule has 0 saturated carbocycles. The SMILES string of the molecule is c1ccc(-c2cccc(-c3nc(-c4ccccc4)nc(-c4ccc(-c5cc(-n6c7ccccc7c7ccc8ccccc8c76)cc6oc7ccccc7c56)cc4)n3)c2)cc1. The van der Waals surface area contributed by atoms with Crippen LogP contribution in [0.2, 0.25) is 0 Å². The van der Waals surface area contributed by atoms with Crippen molar-refractivity contribution >= 4 is 54.5 Å². The topological polar surface area (TPSA) is 56.7 Å². The highest BCUT2D eigenvalue weighted by atomic mass is 16.3. The lowest BCUT2D eigenvalue weighted by Gasteiger charge is -2.13. The second-order valence-electron chi connectivity index (χ2n) is 15.2. The van der Waals surface area contributed by atoms with E-state index < -0.39 is 0 Å². The third-order valence-corrected chi connectivity index (χ3v) is 11.6. The Morgan fingerprint density at radius 1 is 0.350 bits per heavy atom. The molecule has 0 unspecified atom stereocenters. The van der Waals surface area contributed by atoms with Crippen molar-refractivity contribution in [3.63, 3.8) is 0 Å². The van der Waals surface area contributed by atoms with Gasteiger partial charge in [0.2, 0.25) is 0 Å². The largest absolute Gasteiger partial charge is 0.456 e. The molecule has 0 radical (unpaired) electrons. The van der Waals surface area contributed by atoms with E-state index in [0.29, 0.717) is 17.5 Å². The molecule has 0 amide bonds. The Morgan fingerprint density at radius 2 is 0.933 bits per heavy atom. The molecule has 60 heavy (non-hydrogen) atoms. The van der Waals surface area contributed by atoms with Gasteiger partial charge in [0.05, 0.1) is 16.7 Å². The molecule has 3 aromatic heterocycles. The van der Waals surface area contributed by atoms with Crippen LogP contribution in [0.15, 0.2) is 211 Å². The summed E-state index contributed by atoms with van der Waals surface area (Å²) >= 11 is 0. The number of furan rings is 1. The van der Waals surface area contributed by atoms with Gasteiger partial charge in [0.15, 0.2) is 17.5 Å². The number of rotatable bonds is 6. The van der Waals surface area contributed by atoms with Crippen molar-refractivity contribution in [2.75, 3.05) is 0 Å². The van der Waals surface area contributed by atoms with Crippen LogP contribution in [0.1, 0.15) is 0 Å². The van der Waals surface area contributed by atoms with Gasteiger partial charge in [-0.25, -0.2) is 15.0 Å². The zero-order valence-corrected chi connectivity index (χ0v) is 32.3. The maximum atomic E-state index is 6.66. The lowest BCUT2D eigenvalue weighted by atomic mass is 9.97. The van der Waals surface area contributed by atoms with Crippen LogP contribution in [0.5, 0.6) is 0 Å². The molecule has 0 aliphatic carbocycles. The van der Waals surface area contributed by atoms with Gasteiger partial charge >= 0.3 is 0 Å². The summed E-state index contributed by atoms with van der Waals surface area (Å²) in [5.74, 6) is 1.86. The van der Waals surface area contributed by atoms with Gasteiger partial charge in [0.25, 0.3) is 0 Å². The third-order valence-electron chi connectivity index (χ3n) is 11.6. The van der Waals surface area contributed by atoms with Crippen LogP contribution in [0, 0.1) is 0 Å². The molecule has 3 heterocycles. The molecular weight excluding hydrogens is 733 g/mol. The van der Waals surface area contributed by atoms with Crippen molar-refractivity contribution in [1.29, 1.82) is 0 Å². The Balaban J connectivity index is 1.04. The summed E-state index contributed by atoms with van der Waals surface area (Å²) in [5.41, 5.74) is 12.2. The van der Waals surface area contributed by atoms with E-state index in [1.165, 1.54) is 27.1 Å². The van der Waals surface area contributed by atoms with Crippen LogP contribution in [-0.2, 0) is 0 Å². The van der Waals surface area contributed by atoms with Gasteiger partial charge in [-0.1, -0.05) is 176 Å². The minimum atomic E-state index is 0.611. The third kappa shape index (κ3) is 5.59. The van der Waals surface area contributed by atoms with E-state index in [0.717, 1.165) is 72.1 Å². The second-order valence-corrected chi connectivity index (χ2v) is 15.2. The van der Waals surface area contributed by atoms with Gasteiger partial charge in [-0.3, -0.25) is 0 Å². The van der Waals surface area contributed by atoms with E-state index in [1.54, 1.807) is 0 Å². The molecular formula is C55H34N4O. The Bertz CT molecular complexity index is 3590. The van der Waals surface area contributed by atoms with E-state index in [1.807, 2.05) is 48.5 Å². The Hall–Kier alpha value is -8.15. The zero-order valence-electron chi connectivity index (χ0n) is 32.3. The van der Waals surface area contributed by atoms with Gasteiger partial charge < -0.3 is 8.98 Å². The summed E-state index contributed by atoms with van der Waals surface area (Å²) in [6.45, 7) is 0. The molecule has 0 bridgehead atoms. The monoisotopic (exact) mass is 766 g/mol. The van der Waals surface area contributed by atoms with Crippen LogP contribution in [-0.4, -0.2) is 19.5 Å². The van der Waals surface area contributed by atoms with Crippen LogP contribution < -0.4 is 0 Å². The summed E-state index contributed by atoms with van der Waals surface area (Å²) in [4.78, 5) is 15.2. The number of nitrogens with zero attached hydrogens (tertiary/aromatic N) is 4. The number of hydrogen-bond donors (Lipinski definition) is 0. The molecule has 5 heteroatoms. The Morgan fingerprint density at radius 3 is 1.72 bits per heavy atom. The molecule has 0 aliphatic rings. The van der Waals surface area contributed by atoms with Crippen molar-refractivity contribution < 1.29 is 4.42 Å². The first-order valence-corrected chi connectivity index (χ1v) is 20.2. The summed E-state index contributed by atoms with van der Waals surface area (Å²) in [5, 5.41) is 7.01. The van der Waals surface area contributed by atoms with Gasteiger partial charge in [0.1, 0.15) is 11.2 Å². The van der Waals surface area contributed by atoms with Gasteiger partial charge in [0, 0.05) is 49.7 Å². The smallest absolute Gasteiger partial charge is 0.164 e. The van der Waals surface area contributed by atoms with E-state index in [-0.39, 0.29) is 0 Å². The first-order valence-electron chi connectivity index (χ1n) is 20.2. The van der Waals surface area contributed by atoms with Gasteiger partial charge in [-0.05, 0) is 51.9 Å². The van der Waals surface area contributed by atoms with Crippen molar-refractivity contribution in [2.24, 2.45) is 0 Å². The highest BCUT2D eigenvalue weighted by molar-refractivity contribution is 6.19. The van der Waals surface area contributed by atoms with E-state index >= 15 is 0 Å². The van der Waals surface area contributed by atoms with E-state index in [2.05, 4.69) is 162 Å². The highest BCUT2D eigenvalue weighted by Gasteiger charge is 2.20. The second kappa shape index (κ2) is 13.8. The number of para-hydroxylation sites is 2. The maximum Gasteiger partial charge on any atom is 0.164 e. The quantitative estimate of drug-likeness (QED) is 0.169. The van der Waals surface area contributed by atoms with Crippen molar-refractivity contribution in [3.8, 4) is 62.1 Å². The lowest BCUT2D eigenvalue weighted by Crippen LogP contribution is -2.00. The molecule has 0 N–H and O–H groups in total. The predicted octanol–water partition coefficient (Wildman–Crippen LogP) is 14.4. The lowest BCUT2D eigenvalue weighted by molar-refractivity contribution is 0.668. The number of hydrogen-bond acceptors (Lipinski definition) is 4. The van der Waals surface area contributed by atoms with E-state index in [4.69, 9.17) is 19.4 Å². The zero-order chi connectivity index (χ0) is 39.6. The summed E-state index contributed by atoms with van der Waals surface area (Å²) in [6, 6.07) is 72.1. The van der Waals surface area contributed by atoms with Crippen molar-refractivity contribution in [3.05, 3.63) is 206 Å². The average Bonchev–Trinajstić information content (AvgIpc) is 3.88. The van der Waals surface area contributed by atoms with Crippen molar-refractivity contribution in [1.82, 2.24) is 19.5 Å². The fraction of sp³-hybridized carbons (Fsp3) is 0. The van der Waals surface area contributed by atoms with Gasteiger partial charge in [-0.15, -0.1) is 0 Å². The Kier molecular flexibility index (Phi) is 7.78. The number of aromatic nitrogens is 4. The fourth-order valence-corrected chi connectivity index (χ4v) is 8.81. The van der Waals surface area contributed by atoms with Crippen LogP contribution >= 0.6 is 0 Å². The average molecular weight is 767 g/mol. The minimum absolute atomic E-state index is 0.611. The first kappa shape index (κ1) is 33.9. The molecule has 0 atom stereocenters. The fourth-order valence-electron chi connectivity index (χ4n) is 8.81. The van der Waals surface area contributed by atoms with Crippen LogP contribution in [0.4, 0.5) is 0 Å². The van der Waals surface area contributed by atoms with Crippen molar-refractivity contribution in [2.45, 2.75) is 0 Å². The number of fused-ring (bicyclic) bond motifs is 8. The summed E-state index contributed by atoms with van der Waals surface area (Å²) < 4.78 is 9.07. The first-order chi connectivity index (χ1) is 29.7. The molecule has 12 aromatic rings. The Labute approximate surface area is 345 Å². The molecule has 9 aromatic carbocycles. The van der Waals surface area contributed by atoms with E-state index in [9.17, 15) is 0 Å². The summed E-state index contributed by atoms with van der Waals surface area (Å²) in [7, 11) is 0. The summed E-state index contributed by atoms with van der Waals surface area (Å²) in [6.07, 6.45) is 0. The van der Waals surface area contributed by atoms with Crippen LogP contribution in [0.3, 0.4) is 0 Å². The van der Waals surface area contributed by atoms with Crippen LogP contribution in [0.25, 0.3) is 117 Å². The molecule has 5 nitrogen and oxygen atoms in total. The molecule has 12 rings (SSSR count). The molecule has 0 fully saturated rings. The predicted molar refractivity (Wildman–Crippen MR) is 246 cm³/mol. The minimum Gasteiger partial charge on any atom is -0.456 e. The standard InChI is InChI=1S/C55H34N4O/c1-3-14-35(15-4-1)40-19-13-20-41(32-40)55-57-53(38-17-5-2-6-18-38)56-54(58-55)39-28-26-37(27-29-39)47-33-42(34-50-51(47)46-23-10-12-25-49(46)60-50)59-48-24-11-9-22-44(48)45-31-30-36-16-7-8-21-43(36)52(45)59/h1-34H. The molecule has 280 valence electrons. The molecule has 0 saturated heterocycles. The number of benzene rings is 9. The van der Waals surface area contributed by atoms with Gasteiger partial charge in [-0.2, -0.15) is 0 Å². The maximum absolute atomic E-state index is 6.66. The normalized spacial score (nSPS) is 11.7.